The Morgan fingerprint density at radius 1 is 1.35 bits per heavy atom. The average molecular weight is 454 g/mol. The van der Waals surface area contributed by atoms with E-state index in [9.17, 15) is 13.4 Å². The minimum atomic E-state index is -3.64. The molecule has 1 aliphatic heterocycles. The number of carbonyl (C=O) groups excluding carboxylic acids is 1. The molecule has 2 aromatic rings. The topological polar surface area (TPSA) is 121 Å². The van der Waals surface area contributed by atoms with Gasteiger partial charge in [-0.05, 0) is 35.1 Å². The number of methoxy groups -OCH3 is 1. The van der Waals surface area contributed by atoms with Crippen molar-refractivity contribution in [2.45, 2.75) is 57.1 Å². The summed E-state index contributed by atoms with van der Waals surface area (Å²) in [4.78, 5) is 12.7. The molecule has 3 N–H and O–H groups in total. The van der Waals surface area contributed by atoms with Crippen LogP contribution in [0.3, 0.4) is 0 Å². The normalized spacial score (nSPS) is 17.8. The molecule has 3 rings (SSSR count). The molecule has 2 amide bonds. The van der Waals surface area contributed by atoms with E-state index < -0.39 is 15.9 Å². The van der Waals surface area contributed by atoms with Crippen LogP contribution in [0, 0.1) is 5.82 Å². The van der Waals surface area contributed by atoms with E-state index in [1.807, 2.05) is 27.7 Å². The molecular formula is C20H28FN5O4S. The lowest BCUT2D eigenvalue weighted by Gasteiger charge is -2.23. The predicted octanol–water partition coefficient (Wildman–Crippen LogP) is 3.61. The number of fused-ring (bicyclic) bond motifs is 1. The molecule has 0 bridgehead atoms. The molecule has 0 saturated carbocycles. The van der Waals surface area contributed by atoms with Crippen molar-refractivity contribution in [2.75, 3.05) is 19.0 Å². The highest BCUT2D eigenvalue weighted by Crippen LogP contribution is 2.34. The number of benzene rings is 1. The van der Waals surface area contributed by atoms with Crippen molar-refractivity contribution in [3.63, 3.8) is 0 Å². The first kappa shape index (κ1) is 23.2. The summed E-state index contributed by atoms with van der Waals surface area (Å²) in [5.41, 5.74) is 1.69. The highest BCUT2D eigenvalue weighted by molar-refractivity contribution is 7.91. The maximum Gasteiger partial charge on any atom is 0.354 e. The van der Waals surface area contributed by atoms with E-state index in [4.69, 9.17) is 14.6 Å². The summed E-state index contributed by atoms with van der Waals surface area (Å²) in [5.74, 6) is -0.307. The van der Waals surface area contributed by atoms with E-state index in [1.54, 1.807) is 7.11 Å². The van der Waals surface area contributed by atoms with Gasteiger partial charge in [-0.1, -0.05) is 27.7 Å². The highest BCUT2D eigenvalue weighted by atomic mass is 32.2. The van der Waals surface area contributed by atoms with E-state index in [0.717, 1.165) is 0 Å². The summed E-state index contributed by atoms with van der Waals surface area (Å²) in [5, 5.41) is 12.7. The first-order valence-electron chi connectivity index (χ1n) is 9.94. The SMILES string of the molecule is CO[C@@H]1COc2c([S@@](N)(=O)=NC(=O)Nc3c(C(C)C)cc(F)cc3C(C)C)cnn2C1. The fraction of sp³-hybridized carbons (Fsp3) is 0.500. The Morgan fingerprint density at radius 2 is 1.97 bits per heavy atom. The molecule has 170 valence electrons. The van der Waals surface area contributed by atoms with Gasteiger partial charge in [0.15, 0.2) is 9.92 Å². The molecule has 0 radical (unpaired) electrons. The Morgan fingerprint density at radius 3 is 2.52 bits per heavy atom. The molecule has 11 heteroatoms. The fourth-order valence-electron chi connectivity index (χ4n) is 3.40. The van der Waals surface area contributed by atoms with Crippen molar-refractivity contribution in [2.24, 2.45) is 9.50 Å². The third-order valence-corrected chi connectivity index (χ3v) is 6.40. The number of aromatic nitrogens is 2. The number of rotatable bonds is 5. The summed E-state index contributed by atoms with van der Waals surface area (Å²) in [7, 11) is -2.08. The second kappa shape index (κ2) is 8.93. The number of hydrogen-bond acceptors (Lipinski definition) is 5. The zero-order chi connectivity index (χ0) is 22.9. The van der Waals surface area contributed by atoms with Crippen molar-refractivity contribution < 1.29 is 22.9 Å². The van der Waals surface area contributed by atoms with Crippen LogP contribution in [0.5, 0.6) is 5.88 Å². The number of hydrogen-bond donors (Lipinski definition) is 2. The number of nitrogens with two attached hydrogens (primary N) is 1. The number of halogens is 1. The predicted molar refractivity (Wildman–Crippen MR) is 115 cm³/mol. The van der Waals surface area contributed by atoms with Crippen LogP contribution < -0.4 is 15.2 Å². The molecule has 9 nitrogen and oxygen atoms in total. The zero-order valence-corrected chi connectivity index (χ0v) is 19.0. The van der Waals surface area contributed by atoms with Crippen LogP contribution in [-0.4, -0.2) is 39.8 Å². The maximum atomic E-state index is 14.1. The van der Waals surface area contributed by atoms with E-state index in [-0.39, 0.29) is 41.1 Å². The molecule has 0 spiro atoms. The quantitative estimate of drug-likeness (QED) is 0.716. The Bertz CT molecular complexity index is 1080. The third-order valence-electron chi connectivity index (χ3n) is 5.05. The van der Waals surface area contributed by atoms with Crippen LogP contribution in [0.15, 0.2) is 27.6 Å². The second-order valence-electron chi connectivity index (χ2n) is 8.02. The highest BCUT2D eigenvalue weighted by Gasteiger charge is 2.28. The van der Waals surface area contributed by atoms with Gasteiger partial charge in [0.2, 0.25) is 5.88 Å². The summed E-state index contributed by atoms with van der Waals surface area (Å²) in [6.07, 6.45) is 1.08. The van der Waals surface area contributed by atoms with Crippen molar-refractivity contribution in [1.29, 1.82) is 0 Å². The number of carbonyl (C=O) groups is 1. The lowest BCUT2D eigenvalue weighted by molar-refractivity contribution is 0.0165. The monoisotopic (exact) mass is 453 g/mol. The van der Waals surface area contributed by atoms with Gasteiger partial charge < -0.3 is 14.8 Å². The number of amides is 2. The Balaban J connectivity index is 1.95. The third kappa shape index (κ3) is 4.89. The second-order valence-corrected chi connectivity index (χ2v) is 9.78. The number of anilines is 1. The van der Waals surface area contributed by atoms with Gasteiger partial charge in [-0.25, -0.2) is 23.2 Å². The molecule has 0 aliphatic carbocycles. The summed E-state index contributed by atoms with van der Waals surface area (Å²) in [6, 6.07) is 1.86. The number of nitrogens with zero attached hydrogens (tertiary/aromatic N) is 3. The van der Waals surface area contributed by atoms with Gasteiger partial charge >= 0.3 is 6.03 Å². The van der Waals surface area contributed by atoms with E-state index >= 15 is 0 Å². The van der Waals surface area contributed by atoms with Crippen LogP contribution in [0.4, 0.5) is 14.9 Å². The van der Waals surface area contributed by atoms with Gasteiger partial charge in [-0.2, -0.15) is 5.10 Å². The first-order chi connectivity index (χ1) is 14.5. The van der Waals surface area contributed by atoms with Crippen LogP contribution in [-0.2, 0) is 21.2 Å². The molecule has 31 heavy (non-hydrogen) atoms. The van der Waals surface area contributed by atoms with Gasteiger partial charge in [-0.15, -0.1) is 4.36 Å². The smallest absolute Gasteiger partial charge is 0.354 e. The number of urea groups is 1. The summed E-state index contributed by atoms with van der Waals surface area (Å²) >= 11 is 0. The van der Waals surface area contributed by atoms with Crippen LogP contribution >= 0.6 is 0 Å². The first-order valence-corrected chi connectivity index (χ1v) is 11.5. The Hall–Kier alpha value is -2.50. The number of ether oxygens (including phenoxy) is 2. The van der Waals surface area contributed by atoms with Crippen molar-refractivity contribution in [3.8, 4) is 5.88 Å². The van der Waals surface area contributed by atoms with Crippen LogP contribution in [0.25, 0.3) is 0 Å². The molecule has 1 aromatic carbocycles. The molecular weight excluding hydrogens is 425 g/mol. The van der Waals surface area contributed by atoms with E-state index in [0.29, 0.717) is 23.4 Å². The van der Waals surface area contributed by atoms with E-state index in [2.05, 4.69) is 14.8 Å². The largest absolute Gasteiger partial charge is 0.474 e. The molecule has 2 heterocycles. The van der Waals surface area contributed by atoms with Gasteiger partial charge in [0.1, 0.15) is 23.4 Å². The zero-order valence-electron chi connectivity index (χ0n) is 18.2. The summed E-state index contributed by atoms with van der Waals surface area (Å²) < 4.78 is 43.2. The van der Waals surface area contributed by atoms with Crippen LogP contribution in [0.1, 0.15) is 50.7 Å². The maximum absolute atomic E-state index is 14.1. The molecule has 0 unspecified atom stereocenters. The molecule has 0 fully saturated rings. The molecule has 1 aromatic heterocycles. The molecule has 2 atom stereocenters. The molecule has 0 saturated heterocycles. The van der Waals surface area contributed by atoms with Crippen LogP contribution in [0.2, 0.25) is 0 Å². The van der Waals surface area contributed by atoms with Gasteiger partial charge in [0, 0.05) is 12.8 Å². The van der Waals surface area contributed by atoms with Gasteiger partial charge in [-0.3, -0.25) is 0 Å². The lowest BCUT2D eigenvalue weighted by atomic mass is 9.92. The standard InChI is InChI=1S/C20H28FN5O4S/c1-11(2)15-6-13(21)7-16(12(3)4)18(15)24-20(27)25-31(22,28)17-8-23-26-9-14(29-5)10-30-19(17)26/h6-8,11-12,14H,9-10H2,1-5H3,(H3,22,24,25,27,28)/t14-,31-/m0/s1. The summed E-state index contributed by atoms with van der Waals surface area (Å²) in [6.45, 7) is 8.20. The van der Waals surface area contributed by atoms with E-state index in [1.165, 1.54) is 23.0 Å². The average Bonchev–Trinajstić information content (AvgIpc) is 3.12. The van der Waals surface area contributed by atoms with Gasteiger partial charge in [0.25, 0.3) is 0 Å². The fourth-order valence-corrected chi connectivity index (χ4v) is 4.40. The minimum Gasteiger partial charge on any atom is -0.474 e. The minimum absolute atomic E-state index is 0.0319. The lowest BCUT2D eigenvalue weighted by Crippen LogP contribution is -2.32. The Labute approximate surface area is 181 Å². The van der Waals surface area contributed by atoms with Gasteiger partial charge in [0.05, 0.1) is 12.7 Å². The van der Waals surface area contributed by atoms with Crippen molar-refractivity contribution >= 4 is 21.6 Å². The Kier molecular flexibility index (Phi) is 6.68. The van der Waals surface area contributed by atoms with Crippen molar-refractivity contribution in [3.05, 3.63) is 35.3 Å². The van der Waals surface area contributed by atoms with Crippen molar-refractivity contribution in [1.82, 2.24) is 9.78 Å². The molecule has 1 aliphatic rings. The number of nitrogens with one attached hydrogen (secondary N) is 1.